The second kappa shape index (κ2) is 5.75. The van der Waals surface area contributed by atoms with Crippen LogP contribution in [0.1, 0.15) is 18.5 Å². The van der Waals surface area contributed by atoms with Gasteiger partial charge in [-0.15, -0.1) is 0 Å². The maximum absolute atomic E-state index is 13.1. The summed E-state index contributed by atoms with van der Waals surface area (Å²) in [6.07, 6.45) is 3.75. The predicted molar refractivity (Wildman–Crippen MR) is 79.8 cm³/mol. The van der Waals surface area contributed by atoms with E-state index in [1.807, 2.05) is 48.1 Å². The highest BCUT2D eigenvalue weighted by molar-refractivity contribution is 5.38. The van der Waals surface area contributed by atoms with Crippen molar-refractivity contribution < 1.29 is 4.39 Å². The van der Waals surface area contributed by atoms with Crippen molar-refractivity contribution in [2.24, 2.45) is 0 Å². The van der Waals surface area contributed by atoms with Gasteiger partial charge in [0.15, 0.2) is 0 Å². The van der Waals surface area contributed by atoms with Gasteiger partial charge in [0.05, 0.1) is 17.9 Å². The molecule has 21 heavy (non-hydrogen) atoms. The lowest BCUT2D eigenvalue weighted by molar-refractivity contribution is 0.584. The average Bonchev–Trinajstić information content (AvgIpc) is 2.98. The molecule has 0 bridgehead atoms. The number of benzene rings is 1. The van der Waals surface area contributed by atoms with Crippen molar-refractivity contribution in [1.29, 1.82) is 0 Å². The molecule has 0 aliphatic heterocycles. The van der Waals surface area contributed by atoms with Crippen LogP contribution in [0.4, 0.5) is 10.2 Å². The van der Waals surface area contributed by atoms with Crippen LogP contribution in [-0.2, 0) is 0 Å². The summed E-state index contributed by atoms with van der Waals surface area (Å²) < 4.78 is 14.9. The lowest BCUT2D eigenvalue weighted by atomic mass is 10.2. The first-order chi connectivity index (χ1) is 10.2. The highest BCUT2D eigenvalue weighted by atomic mass is 19.1. The monoisotopic (exact) mass is 282 g/mol. The van der Waals surface area contributed by atoms with Crippen LogP contribution in [0.5, 0.6) is 0 Å². The molecule has 2 aromatic heterocycles. The van der Waals surface area contributed by atoms with E-state index in [-0.39, 0.29) is 6.04 Å². The molecule has 0 spiro atoms. The standard InChI is InChI=1S/C16H15FN4/c1-12(19-16-9-5-8-15(17)20-16)13-10-18-21(11-13)14-6-3-2-4-7-14/h2-12H,1H3,(H,19,20). The highest BCUT2D eigenvalue weighted by Gasteiger charge is 2.09. The maximum atomic E-state index is 13.1. The fourth-order valence-electron chi connectivity index (χ4n) is 2.08. The molecule has 0 saturated heterocycles. The number of rotatable bonds is 4. The van der Waals surface area contributed by atoms with Crippen molar-refractivity contribution in [1.82, 2.24) is 14.8 Å². The summed E-state index contributed by atoms with van der Waals surface area (Å²) >= 11 is 0. The van der Waals surface area contributed by atoms with Crippen molar-refractivity contribution >= 4 is 5.82 Å². The number of aromatic nitrogens is 3. The van der Waals surface area contributed by atoms with Crippen molar-refractivity contribution in [3.8, 4) is 5.69 Å². The first-order valence-corrected chi connectivity index (χ1v) is 6.71. The number of halogens is 1. The van der Waals surface area contributed by atoms with Gasteiger partial charge in [-0.25, -0.2) is 9.67 Å². The van der Waals surface area contributed by atoms with Crippen molar-refractivity contribution in [3.05, 3.63) is 72.4 Å². The summed E-state index contributed by atoms with van der Waals surface area (Å²) in [4.78, 5) is 3.80. The Hall–Kier alpha value is -2.69. The fourth-order valence-corrected chi connectivity index (χ4v) is 2.08. The van der Waals surface area contributed by atoms with E-state index in [9.17, 15) is 4.39 Å². The summed E-state index contributed by atoms with van der Waals surface area (Å²) in [5, 5.41) is 7.51. The lowest BCUT2D eigenvalue weighted by Gasteiger charge is -2.12. The van der Waals surface area contributed by atoms with Crippen LogP contribution < -0.4 is 5.32 Å². The molecule has 0 saturated carbocycles. The molecule has 3 aromatic rings. The van der Waals surface area contributed by atoms with Crippen LogP contribution in [0.25, 0.3) is 5.69 Å². The second-order valence-corrected chi connectivity index (χ2v) is 4.77. The highest BCUT2D eigenvalue weighted by Crippen LogP contribution is 2.18. The van der Waals surface area contributed by atoms with Crippen LogP contribution >= 0.6 is 0 Å². The van der Waals surface area contributed by atoms with Crippen LogP contribution in [0.3, 0.4) is 0 Å². The van der Waals surface area contributed by atoms with E-state index in [0.29, 0.717) is 5.82 Å². The Morgan fingerprint density at radius 3 is 2.67 bits per heavy atom. The smallest absolute Gasteiger partial charge is 0.214 e. The molecule has 4 nitrogen and oxygen atoms in total. The zero-order chi connectivity index (χ0) is 14.7. The Labute approximate surface area is 122 Å². The number of pyridine rings is 1. The molecule has 1 atom stereocenters. The lowest BCUT2D eigenvalue weighted by Crippen LogP contribution is -2.07. The molecule has 3 rings (SSSR count). The molecule has 0 aliphatic rings. The van der Waals surface area contributed by atoms with E-state index in [1.165, 1.54) is 6.07 Å². The van der Waals surface area contributed by atoms with Gasteiger partial charge in [-0.2, -0.15) is 9.49 Å². The van der Waals surface area contributed by atoms with E-state index in [4.69, 9.17) is 0 Å². The number of nitrogens with zero attached hydrogens (tertiary/aromatic N) is 3. The summed E-state index contributed by atoms with van der Waals surface area (Å²) in [6, 6.07) is 14.6. The molecule has 5 heteroatoms. The normalized spacial score (nSPS) is 12.1. The number of nitrogens with one attached hydrogen (secondary N) is 1. The Balaban J connectivity index is 1.77. The van der Waals surface area contributed by atoms with E-state index in [2.05, 4.69) is 15.4 Å². The first kappa shape index (κ1) is 13.3. The Bertz CT molecular complexity index is 724. The zero-order valence-electron chi connectivity index (χ0n) is 11.6. The van der Waals surface area contributed by atoms with Crippen LogP contribution in [0.2, 0.25) is 0 Å². The Morgan fingerprint density at radius 2 is 1.90 bits per heavy atom. The molecular formula is C16H15FN4. The third-order valence-corrected chi connectivity index (χ3v) is 3.20. The first-order valence-electron chi connectivity index (χ1n) is 6.71. The summed E-state index contributed by atoms with van der Waals surface area (Å²) in [6.45, 7) is 1.99. The largest absolute Gasteiger partial charge is 0.363 e. The van der Waals surface area contributed by atoms with E-state index in [1.54, 1.807) is 18.3 Å². The third-order valence-electron chi connectivity index (χ3n) is 3.20. The Morgan fingerprint density at radius 1 is 1.10 bits per heavy atom. The quantitative estimate of drug-likeness (QED) is 0.744. The van der Waals surface area contributed by atoms with Crippen LogP contribution in [0.15, 0.2) is 60.9 Å². The fraction of sp³-hybridized carbons (Fsp3) is 0.125. The van der Waals surface area contributed by atoms with Gasteiger partial charge >= 0.3 is 0 Å². The molecule has 1 aromatic carbocycles. The predicted octanol–water partition coefficient (Wildman–Crippen LogP) is 3.58. The van der Waals surface area contributed by atoms with Gasteiger partial charge < -0.3 is 5.32 Å². The summed E-state index contributed by atoms with van der Waals surface area (Å²) in [5.41, 5.74) is 2.00. The van der Waals surface area contributed by atoms with Crippen LogP contribution in [-0.4, -0.2) is 14.8 Å². The van der Waals surface area contributed by atoms with E-state index in [0.717, 1.165) is 11.3 Å². The molecular weight excluding hydrogens is 267 g/mol. The van der Waals surface area contributed by atoms with Gasteiger partial charge in [0.1, 0.15) is 5.82 Å². The minimum absolute atomic E-state index is 0.0169. The number of anilines is 1. The summed E-state index contributed by atoms with van der Waals surface area (Å²) in [7, 11) is 0. The molecule has 0 amide bonds. The Kier molecular flexibility index (Phi) is 3.64. The molecule has 0 fully saturated rings. The number of hydrogen-bond acceptors (Lipinski definition) is 3. The molecule has 0 radical (unpaired) electrons. The van der Waals surface area contributed by atoms with Gasteiger partial charge in [0, 0.05) is 11.8 Å². The van der Waals surface area contributed by atoms with Gasteiger partial charge in [-0.05, 0) is 31.2 Å². The third kappa shape index (κ3) is 3.08. The average molecular weight is 282 g/mol. The molecule has 106 valence electrons. The number of hydrogen-bond donors (Lipinski definition) is 1. The van der Waals surface area contributed by atoms with Gasteiger partial charge in [-0.1, -0.05) is 24.3 Å². The van der Waals surface area contributed by atoms with Gasteiger partial charge in [0.25, 0.3) is 0 Å². The maximum Gasteiger partial charge on any atom is 0.214 e. The van der Waals surface area contributed by atoms with Crippen molar-refractivity contribution in [2.75, 3.05) is 5.32 Å². The van der Waals surface area contributed by atoms with E-state index < -0.39 is 5.95 Å². The topological polar surface area (TPSA) is 42.7 Å². The minimum atomic E-state index is -0.493. The van der Waals surface area contributed by atoms with Crippen LogP contribution in [0, 0.1) is 5.95 Å². The molecule has 1 unspecified atom stereocenters. The van der Waals surface area contributed by atoms with Gasteiger partial charge in [0.2, 0.25) is 5.95 Å². The van der Waals surface area contributed by atoms with E-state index >= 15 is 0 Å². The molecule has 2 heterocycles. The SMILES string of the molecule is CC(Nc1cccc(F)n1)c1cnn(-c2ccccc2)c1. The van der Waals surface area contributed by atoms with Crippen molar-refractivity contribution in [3.63, 3.8) is 0 Å². The zero-order valence-corrected chi connectivity index (χ0v) is 11.6. The molecule has 1 N–H and O–H groups in total. The number of para-hydroxylation sites is 1. The summed E-state index contributed by atoms with van der Waals surface area (Å²) in [5.74, 6) is 0.0159. The minimum Gasteiger partial charge on any atom is -0.363 e. The van der Waals surface area contributed by atoms with Gasteiger partial charge in [-0.3, -0.25) is 0 Å². The second-order valence-electron chi connectivity index (χ2n) is 4.77. The van der Waals surface area contributed by atoms with Crippen molar-refractivity contribution in [2.45, 2.75) is 13.0 Å². The molecule has 0 aliphatic carbocycles.